The summed E-state index contributed by atoms with van der Waals surface area (Å²) in [5, 5.41) is 5.18. The molecule has 0 saturated heterocycles. The van der Waals surface area contributed by atoms with Crippen molar-refractivity contribution < 1.29 is 32.2 Å². The maximum absolute atomic E-state index is 12.3. The normalized spacial score (nSPS) is 12.7. The van der Waals surface area contributed by atoms with Crippen LogP contribution < -0.4 is 14.6 Å². The molecule has 142 valence electrons. The average molecular weight is 391 g/mol. The van der Waals surface area contributed by atoms with Crippen molar-refractivity contribution in [3.63, 3.8) is 0 Å². The lowest BCUT2D eigenvalue weighted by Crippen LogP contribution is -2.18. The maximum Gasteiger partial charge on any atom is 0.338 e. The fourth-order valence-corrected chi connectivity index (χ4v) is 3.49. The van der Waals surface area contributed by atoms with Gasteiger partial charge in [0.15, 0.2) is 23.9 Å². The molecular weight excluding hydrogens is 374 g/mol. The van der Waals surface area contributed by atoms with Gasteiger partial charge in [-0.1, -0.05) is 0 Å². The zero-order valence-corrected chi connectivity index (χ0v) is 15.5. The zero-order valence-electron chi connectivity index (χ0n) is 14.6. The minimum absolute atomic E-state index is 0.000566. The Hall–Kier alpha value is -2.91. The first-order valence-corrected chi connectivity index (χ1v) is 9.45. The summed E-state index contributed by atoms with van der Waals surface area (Å²) in [6.07, 6.45) is 0. The van der Waals surface area contributed by atoms with Crippen molar-refractivity contribution in [1.29, 1.82) is 0 Å². The number of sulfonamides is 1. The Morgan fingerprint density at radius 1 is 1.07 bits per heavy atom. The van der Waals surface area contributed by atoms with E-state index >= 15 is 0 Å². The Morgan fingerprint density at radius 2 is 1.78 bits per heavy atom. The van der Waals surface area contributed by atoms with Crippen molar-refractivity contribution in [1.82, 2.24) is 0 Å². The number of benzene rings is 2. The van der Waals surface area contributed by atoms with Crippen LogP contribution in [-0.2, 0) is 14.8 Å². The van der Waals surface area contributed by atoms with E-state index in [2.05, 4.69) is 0 Å². The molecule has 1 aliphatic rings. The molecular formula is C18H17NO7S. The van der Waals surface area contributed by atoms with Crippen LogP contribution in [0.25, 0.3) is 0 Å². The van der Waals surface area contributed by atoms with Gasteiger partial charge in [-0.15, -0.1) is 0 Å². The van der Waals surface area contributed by atoms with Crippen LogP contribution in [0.15, 0.2) is 35.2 Å². The van der Waals surface area contributed by atoms with Gasteiger partial charge in [0.2, 0.25) is 16.8 Å². The summed E-state index contributed by atoms with van der Waals surface area (Å²) >= 11 is 0. The molecule has 2 aromatic carbocycles. The summed E-state index contributed by atoms with van der Waals surface area (Å²) < 4.78 is 38.8. The van der Waals surface area contributed by atoms with Crippen molar-refractivity contribution in [2.24, 2.45) is 5.14 Å². The summed E-state index contributed by atoms with van der Waals surface area (Å²) in [6.45, 7) is 2.82. The monoisotopic (exact) mass is 391 g/mol. The molecule has 0 amide bonds. The summed E-state index contributed by atoms with van der Waals surface area (Å²) in [4.78, 5) is 24.3. The fourth-order valence-electron chi connectivity index (χ4n) is 2.61. The minimum atomic E-state index is -3.99. The first-order chi connectivity index (χ1) is 12.7. The van der Waals surface area contributed by atoms with E-state index in [4.69, 9.17) is 19.3 Å². The molecule has 3 rings (SSSR count). The molecule has 0 atom stereocenters. The van der Waals surface area contributed by atoms with E-state index in [9.17, 15) is 18.0 Å². The Balaban J connectivity index is 1.74. The second-order valence-corrected chi connectivity index (χ2v) is 7.56. The van der Waals surface area contributed by atoms with Crippen molar-refractivity contribution in [2.45, 2.75) is 18.7 Å². The van der Waals surface area contributed by atoms with Crippen LogP contribution in [0.3, 0.4) is 0 Å². The quantitative estimate of drug-likeness (QED) is 0.608. The van der Waals surface area contributed by atoms with Crippen LogP contribution in [0, 0.1) is 13.8 Å². The highest BCUT2D eigenvalue weighted by molar-refractivity contribution is 7.89. The van der Waals surface area contributed by atoms with Crippen molar-refractivity contribution in [2.75, 3.05) is 13.4 Å². The largest absolute Gasteiger partial charge is 0.454 e. The van der Waals surface area contributed by atoms with E-state index < -0.39 is 28.4 Å². The lowest BCUT2D eigenvalue weighted by atomic mass is 10.1. The number of carbonyl (C=O) groups excluding carboxylic acids is 2. The summed E-state index contributed by atoms with van der Waals surface area (Å²) in [5.74, 6) is -0.275. The lowest BCUT2D eigenvalue weighted by Gasteiger charge is -2.10. The summed E-state index contributed by atoms with van der Waals surface area (Å²) in [7, 11) is -3.99. The van der Waals surface area contributed by atoms with Gasteiger partial charge in [0.25, 0.3) is 0 Å². The molecule has 0 aromatic heterocycles. The molecule has 1 heterocycles. The number of Topliss-reactive ketones (excluding diaryl/α,β-unsaturated/α-hetero) is 1. The van der Waals surface area contributed by atoms with Crippen LogP contribution in [-0.4, -0.2) is 33.6 Å². The topological polar surface area (TPSA) is 122 Å². The molecule has 0 fully saturated rings. The highest BCUT2D eigenvalue weighted by Gasteiger charge is 2.20. The van der Waals surface area contributed by atoms with Gasteiger partial charge in [-0.2, -0.15) is 0 Å². The molecule has 0 saturated carbocycles. The molecule has 1 aliphatic heterocycles. The SMILES string of the molecule is Cc1cc(C(=O)OCC(=O)c2ccc3c(c2)OCO3)cc(S(N)(=O)=O)c1C. The Labute approximate surface area is 155 Å². The number of fused-ring (bicyclic) bond motifs is 1. The van der Waals surface area contributed by atoms with Crippen LogP contribution >= 0.6 is 0 Å². The third-order valence-electron chi connectivity index (χ3n) is 4.19. The van der Waals surface area contributed by atoms with Crippen LogP contribution in [0.4, 0.5) is 0 Å². The molecule has 2 N–H and O–H groups in total. The fraction of sp³-hybridized carbons (Fsp3) is 0.222. The maximum atomic E-state index is 12.3. The standard InChI is InChI=1S/C18H17NO7S/c1-10-5-13(7-17(11(10)2)27(19,22)23)18(21)24-8-14(20)12-3-4-15-16(6-12)26-9-25-15/h3-7H,8-9H2,1-2H3,(H2,19,22,23). The number of ether oxygens (including phenoxy) is 3. The minimum Gasteiger partial charge on any atom is -0.454 e. The zero-order chi connectivity index (χ0) is 19.8. The molecule has 27 heavy (non-hydrogen) atoms. The predicted molar refractivity (Wildman–Crippen MR) is 94.5 cm³/mol. The first-order valence-electron chi connectivity index (χ1n) is 7.91. The van der Waals surface area contributed by atoms with E-state index in [-0.39, 0.29) is 17.3 Å². The van der Waals surface area contributed by atoms with Crippen molar-refractivity contribution in [3.05, 3.63) is 52.6 Å². The molecule has 0 aliphatic carbocycles. The second kappa shape index (κ2) is 7.01. The van der Waals surface area contributed by atoms with E-state index in [1.165, 1.54) is 12.1 Å². The number of hydrogen-bond acceptors (Lipinski definition) is 7. The van der Waals surface area contributed by atoms with Gasteiger partial charge >= 0.3 is 5.97 Å². The van der Waals surface area contributed by atoms with Crippen LogP contribution in [0.5, 0.6) is 11.5 Å². The van der Waals surface area contributed by atoms with Gasteiger partial charge in [0, 0.05) is 5.56 Å². The van der Waals surface area contributed by atoms with E-state index in [0.29, 0.717) is 28.2 Å². The number of nitrogens with two attached hydrogens (primary N) is 1. The number of aryl methyl sites for hydroxylation is 1. The number of primary sulfonamides is 1. The number of esters is 1. The Bertz CT molecular complexity index is 1040. The highest BCUT2D eigenvalue weighted by atomic mass is 32.2. The molecule has 2 aromatic rings. The molecule has 9 heteroatoms. The Kier molecular flexibility index (Phi) is 4.90. The lowest BCUT2D eigenvalue weighted by molar-refractivity contribution is 0.0474. The third-order valence-corrected chi connectivity index (χ3v) is 5.23. The number of ketones is 1. The molecule has 0 radical (unpaired) electrons. The van der Waals surface area contributed by atoms with Crippen LogP contribution in [0.1, 0.15) is 31.8 Å². The van der Waals surface area contributed by atoms with Crippen molar-refractivity contribution >= 4 is 21.8 Å². The third kappa shape index (κ3) is 3.93. The number of hydrogen-bond donors (Lipinski definition) is 1. The van der Waals surface area contributed by atoms with Crippen molar-refractivity contribution in [3.8, 4) is 11.5 Å². The van der Waals surface area contributed by atoms with E-state index in [0.717, 1.165) is 6.07 Å². The summed E-state index contributed by atoms with van der Waals surface area (Å²) in [6, 6.07) is 7.27. The Morgan fingerprint density at radius 3 is 2.48 bits per heavy atom. The van der Waals surface area contributed by atoms with E-state index in [1.807, 2.05) is 0 Å². The smallest absolute Gasteiger partial charge is 0.338 e. The van der Waals surface area contributed by atoms with Gasteiger partial charge < -0.3 is 14.2 Å². The van der Waals surface area contributed by atoms with E-state index in [1.54, 1.807) is 26.0 Å². The highest BCUT2D eigenvalue weighted by Crippen LogP contribution is 2.32. The molecule has 0 spiro atoms. The van der Waals surface area contributed by atoms with Gasteiger partial charge in [-0.05, 0) is 55.3 Å². The van der Waals surface area contributed by atoms with Gasteiger partial charge in [-0.25, -0.2) is 18.4 Å². The van der Waals surface area contributed by atoms with Gasteiger partial charge in [0.05, 0.1) is 10.5 Å². The second-order valence-electron chi connectivity index (χ2n) is 6.03. The van der Waals surface area contributed by atoms with Gasteiger partial charge in [-0.3, -0.25) is 4.79 Å². The van der Waals surface area contributed by atoms with Gasteiger partial charge in [0.1, 0.15) is 0 Å². The summed E-state index contributed by atoms with van der Waals surface area (Å²) in [5.41, 5.74) is 1.32. The first kappa shape index (κ1) is 18.9. The molecule has 0 unspecified atom stereocenters. The van der Waals surface area contributed by atoms with Crippen LogP contribution in [0.2, 0.25) is 0 Å². The molecule has 0 bridgehead atoms. The molecule has 8 nitrogen and oxygen atoms in total. The number of rotatable bonds is 5. The number of carbonyl (C=O) groups is 2. The predicted octanol–water partition coefficient (Wildman–Crippen LogP) is 1.72. The average Bonchev–Trinajstić information content (AvgIpc) is 3.08.